The molecule has 0 saturated carbocycles. The Morgan fingerprint density at radius 1 is 1.20 bits per heavy atom. The molecular weight excluding hydrogens is 424 g/mol. The quantitative estimate of drug-likeness (QED) is 0.623. The molecule has 0 aliphatic carbocycles. The van der Waals surface area contributed by atoms with Gasteiger partial charge in [0.15, 0.2) is 0 Å². The van der Waals surface area contributed by atoms with Crippen molar-refractivity contribution in [3.63, 3.8) is 0 Å². The van der Waals surface area contributed by atoms with Gasteiger partial charge in [0.2, 0.25) is 10.0 Å². The maximum absolute atomic E-state index is 13.4. The lowest BCUT2D eigenvalue weighted by Crippen LogP contribution is -2.38. The second-order valence-corrected chi connectivity index (χ2v) is 9.89. The highest BCUT2D eigenvalue weighted by molar-refractivity contribution is 7.89. The first-order valence-electron chi connectivity index (χ1n) is 9.83. The number of ether oxygens (including phenoxy) is 1. The monoisotopic (exact) mass is 446 g/mol. The Morgan fingerprint density at radius 3 is 2.73 bits per heavy atom. The van der Waals surface area contributed by atoms with E-state index in [0.29, 0.717) is 17.7 Å². The number of hydrogen-bond acceptors (Lipinski definition) is 4. The fourth-order valence-electron chi connectivity index (χ4n) is 3.73. The second-order valence-electron chi connectivity index (χ2n) is 7.58. The van der Waals surface area contributed by atoms with E-state index in [4.69, 9.17) is 16.3 Å². The van der Waals surface area contributed by atoms with E-state index >= 15 is 0 Å². The summed E-state index contributed by atoms with van der Waals surface area (Å²) in [6, 6.07) is 13.8. The van der Waals surface area contributed by atoms with Crippen LogP contribution in [0.5, 0.6) is 0 Å². The molecule has 1 aliphatic heterocycles. The van der Waals surface area contributed by atoms with Crippen molar-refractivity contribution in [2.45, 2.75) is 37.3 Å². The molecule has 2 heterocycles. The third kappa shape index (κ3) is 4.30. The van der Waals surface area contributed by atoms with Gasteiger partial charge in [-0.15, -0.1) is 0 Å². The molecule has 1 fully saturated rings. The van der Waals surface area contributed by atoms with E-state index < -0.39 is 10.0 Å². The first kappa shape index (κ1) is 21.1. The number of H-pyrrole nitrogens is 1. The molecule has 1 unspecified atom stereocenters. The Hall–Kier alpha value is -2.19. The lowest BCUT2D eigenvalue weighted by atomic mass is 10.1. The van der Waals surface area contributed by atoms with E-state index in [0.717, 1.165) is 23.8 Å². The van der Waals surface area contributed by atoms with Gasteiger partial charge in [0.05, 0.1) is 11.1 Å². The minimum atomic E-state index is -3.93. The van der Waals surface area contributed by atoms with Gasteiger partial charge in [-0.05, 0) is 55.5 Å². The van der Waals surface area contributed by atoms with Gasteiger partial charge < -0.3 is 9.72 Å². The summed E-state index contributed by atoms with van der Waals surface area (Å²) in [7, 11) is -3.93. The molecule has 1 saturated heterocycles. The molecule has 4 rings (SSSR count). The average Bonchev–Trinajstić information content (AvgIpc) is 3.21. The van der Waals surface area contributed by atoms with Crippen molar-refractivity contribution in [3.05, 3.63) is 75.0 Å². The van der Waals surface area contributed by atoms with E-state index in [9.17, 15) is 13.2 Å². The second kappa shape index (κ2) is 8.51. The van der Waals surface area contributed by atoms with Crippen LogP contribution in [0.2, 0.25) is 5.02 Å². The summed E-state index contributed by atoms with van der Waals surface area (Å²) < 4.78 is 33.9. The number of benzene rings is 2. The molecule has 8 heteroatoms. The van der Waals surface area contributed by atoms with Crippen LogP contribution >= 0.6 is 11.6 Å². The van der Waals surface area contributed by atoms with Crippen molar-refractivity contribution in [2.24, 2.45) is 0 Å². The van der Waals surface area contributed by atoms with Crippen LogP contribution in [0.3, 0.4) is 0 Å². The highest BCUT2D eigenvalue weighted by Crippen LogP contribution is 2.27. The van der Waals surface area contributed by atoms with Crippen molar-refractivity contribution in [1.82, 2.24) is 9.29 Å². The smallest absolute Gasteiger partial charge is 0.252 e. The molecule has 0 bridgehead atoms. The SMILES string of the molecule is Cc1ccc2[nH]c(=O)c(CN(CC3CCCO3)S(=O)(=O)c3ccccc3Cl)cc2c1. The van der Waals surface area contributed by atoms with Crippen LogP contribution in [-0.4, -0.2) is 37.0 Å². The summed E-state index contributed by atoms with van der Waals surface area (Å²) in [5.74, 6) is 0. The highest BCUT2D eigenvalue weighted by atomic mass is 35.5. The molecule has 30 heavy (non-hydrogen) atoms. The normalized spacial score (nSPS) is 17.1. The predicted molar refractivity (Wildman–Crippen MR) is 117 cm³/mol. The van der Waals surface area contributed by atoms with E-state index in [1.165, 1.54) is 10.4 Å². The lowest BCUT2D eigenvalue weighted by molar-refractivity contribution is 0.0925. The van der Waals surface area contributed by atoms with Crippen molar-refractivity contribution in [2.75, 3.05) is 13.2 Å². The summed E-state index contributed by atoms with van der Waals surface area (Å²) in [6.07, 6.45) is 1.46. The van der Waals surface area contributed by atoms with Gasteiger partial charge in [-0.1, -0.05) is 35.4 Å². The topological polar surface area (TPSA) is 79.5 Å². The zero-order valence-corrected chi connectivity index (χ0v) is 18.2. The number of aromatic amines is 1. The van der Waals surface area contributed by atoms with Gasteiger partial charge in [0, 0.05) is 30.8 Å². The van der Waals surface area contributed by atoms with E-state index in [-0.39, 0.29) is 34.7 Å². The number of rotatable bonds is 6. The standard InChI is InChI=1S/C22H23ClN2O4S/c1-15-8-9-20-16(11-15)12-17(22(26)24-20)13-25(14-18-5-4-10-29-18)30(27,28)21-7-3-2-6-19(21)23/h2-3,6-9,11-12,18H,4-5,10,13-14H2,1H3,(H,24,26). The molecule has 0 radical (unpaired) electrons. The molecule has 1 N–H and O–H groups in total. The Kier molecular flexibility index (Phi) is 5.97. The fourth-order valence-corrected chi connectivity index (χ4v) is 5.68. The largest absolute Gasteiger partial charge is 0.377 e. The van der Waals surface area contributed by atoms with Crippen LogP contribution in [0.15, 0.2) is 58.2 Å². The van der Waals surface area contributed by atoms with Crippen LogP contribution in [0, 0.1) is 6.92 Å². The molecule has 0 spiro atoms. The molecule has 1 aliphatic rings. The minimum Gasteiger partial charge on any atom is -0.377 e. The molecule has 6 nitrogen and oxygen atoms in total. The van der Waals surface area contributed by atoms with Gasteiger partial charge >= 0.3 is 0 Å². The van der Waals surface area contributed by atoms with Crippen molar-refractivity contribution >= 4 is 32.5 Å². The fraction of sp³-hybridized carbons (Fsp3) is 0.318. The molecule has 158 valence electrons. The summed E-state index contributed by atoms with van der Waals surface area (Å²) in [4.78, 5) is 15.6. The first-order chi connectivity index (χ1) is 14.3. The van der Waals surface area contributed by atoms with Gasteiger partial charge in [0.25, 0.3) is 5.56 Å². The Bertz CT molecular complexity index is 1230. The number of fused-ring (bicyclic) bond motifs is 1. The summed E-state index contributed by atoms with van der Waals surface area (Å²) in [6.45, 7) is 2.68. The van der Waals surface area contributed by atoms with Crippen LogP contribution < -0.4 is 5.56 Å². The van der Waals surface area contributed by atoms with Gasteiger partial charge in [-0.3, -0.25) is 4.79 Å². The van der Waals surface area contributed by atoms with E-state index in [1.54, 1.807) is 24.3 Å². The molecule has 2 aromatic carbocycles. The third-order valence-corrected chi connectivity index (χ3v) is 7.62. The highest BCUT2D eigenvalue weighted by Gasteiger charge is 2.31. The molecule has 1 atom stereocenters. The number of sulfonamides is 1. The first-order valence-corrected chi connectivity index (χ1v) is 11.7. The maximum Gasteiger partial charge on any atom is 0.252 e. The summed E-state index contributed by atoms with van der Waals surface area (Å²) in [5.41, 5.74) is 1.84. The van der Waals surface area contributed by atoms with Gasteiger partial charge in [-0.25, -0.2) is 8.42 Å². The third-order valence-electron chi connectivity index (χ3n) is 5.31. The molecule has 3 aromatic rings. The predicted octanol–water partition coefficient (Wildman–Crippen LogP) is 3.86. The van der Waals surface area contributed by atoms with Crippen molar-refractivity contribution in [3.8, 4) is 0 Å². The minimum absolute atomic E-state index is 0.0257. The molecular formula is C22H23ClN2O4S. The zero-order chi connectivity index (χ0) is 21.3. The van der Waals surface area contributed by atoms with Crippen LogP contribution in [-0.2, 0) is 21.3 Å². The van der Waals surface area contributed by atoms with Crippen molar-refractivity contribution in [1.29, 1.82) is 0 Å². The van der Waals surface area contributed by atoms with E-state index in [1.807, 2.05) is 25.1 Å². The molecule has 1 aromatic heterocycles. The number of nitrogens with zero attached hydrogens (tertiary/aromatic N) is 1. The number of aromatic nitrogens is 1. The van der Waals surface area contributed by atoms with Gasteiger partial charge in [-0.2, -0.15) is 4.31 Å². The van der Waals surface area contributed by atoms with Crippen molar-refractivity contribution < 1.29 is 13.2 Å². The summed E-state index contributed by atoms with van der Waals surface area (Å²) in [5, 5.41) is 1.01. The van der Waals surface area contributed by atoms with Crippen LogP contribution in [0.25, 0.3) is 10.9 Å². The number of pyridine rings is 1. The van der Waals surface area contributed by atoms with Gasteiger partial charge in [0.1, 0.15) is 4.90 Å². The number of aryl methyl sites for hydroxylation is 1. The van der Waals surface area contributed by atoms with Crippen LogP contribution in [0.4, 0.5) is 0 Å². The summed E-state index contributed by atoms with van der Waals surface area (Å²) >= 11 is 6.19. The average molecular weight is 447 g/mol. The van der Waals surface area contributed by atoms with Crippen LogP contribution in [0.1, 0.15) is 24.0 Å². The number of hydrogen-bond donors (Lipinski definition) is 1. The molecule has 0 amide bonds. The number of halogens is 1. The van der Waals surface area contributed by atoms with E-state index in [2.05, 4.69) is 4.98 Å². The maximum atomic E-state index is 13.4. The Labute approximate surface area is 180 Å². The zero-order valence-electron chi connectivity index (χ0n) is 16.6. The number of nitrogens with one attached hydrogen (secondary N) is 1. The Balaban J connectivity index is 1.75. The Morgan fingerprint density at radius 2 is 2.00 bits per heavy atom. The lowest BCUT2D eigenvalue weighted by Gasteiger charge is -2.25.